The number of carboxylic acid groups (broad SMARTS) is 1. The van der Waals surface area contributed by atoms with Crippen LogP contribution in [0.15, 0.2) is 30.9 Å². The summed E-state index contributed by atoms with van der Waals surface area (Å²) in [6, 6.07) is 3.14. The van der Waals surface area contributed by atoms with Crippen LogP contribution in [0.5, 0.6) is 5.75 Å². The number of benzene rings is 1. The lowest BCUT2D eigenvalue weighted by Crippen LogP contribution is -2.28. The monoisotopic (exact) mass is 236 g/mol. The molecular formula is C11H12N2O4. The Morgan fingerprint density at radius 3 is 2.65 bits per heavy atom. The Kier molecular flexibility index (Phi) is 4.10. The number of phenolic OH excluding ortho intramolecular Hbond substituents is 1. The molecule has 0 saturated heterocycles. The SMILES string of the molecule is C=CCNC(=O)Nc1ccc(C(=O)O)cc1O. The van der Waals surface area contributed by atoms with Gasteiger partial charge in [-0.3, -0.25) is 0 Å². The molecule has 0 atom stereocenters. The van der Waals surface area contributed by atoms with Crippen LogP contribution in [-0.2, 0) is 0 Å². The summed E-state index contributed by atoms with van der Waals surface area (Å²) in [4.78, 5) is 21.9. The number of carboxylic acids is 1. The lowest BCUT2D eigenvalue weighted by atomic mass is 10.2. The number of aromatic hydroxyl groups is 1. The minimum atomic E-state index is -1.15. The highest BCUT2D eigenvalue weighted by Gasteiger charge is 2.09. The molecule has 0 aliphatic heterocycles. The van der Waals surface area contributed by atoms with E-state index in [2.05, 4.69) is 17.2 Å². The fourth-order valence-corrected chi connectivity index (χ4v) is 1.10. The van der Waals surface area contributed by atoms with Gasteiger partial charge in [-0.1, -0.05) is 6.08 Å². The molecule has 0 fully saturated rings. The van der Waals surface area contributed by atoms with Crippen molar-refractivity contribution >= 4 is 17.7 Å². The second-order valence-corrected chi connectivity index (χ2v) is 3.16. The van der Waals surface area contributed by atoms with E-state index in [4.69, 9.17) is 5.11 Å². The van der Waals surface area contributed by atoms with Crippen molar-refractivity contribution in [1.82, 2.24) is 5.32 Å². The first-order chi connectivity index (χ1) is 8.04. The van der Waals surface area contributed by atoms with Crippen molar-refractivity contribution in [2.24, 2.45) is 0 Å². The van der Waals surface area contributed by atoms with Crippen molar-refractivity contribution in [1.29, 1.82) is 0 Å². The Hall–Kier alpha value is -2.50. The highest BCUT2D eigenvalue weighted by atomic mass is 16.4. The van der Waals surface area contributed by atoms with Crippen molar-refractivity contribution in [2.75, 3.05) is 11.9 Å². The molecule has 1 aromatic carbocycles. The van der Waals surface area contributed by atoms with Crippen LogP contribution in [0.25, 0.3) is 0 Å². The quantitative estimate of drug-likeness (QED) is 0.469. The van der Waals surface area contributed by atoms with Crippen LogP contribution >= 0.6 is 0 Å². The highest BCUT2D eigenvalue weighted by molar-refractivity contribution is 5.93. The minimum absolute atomic E-state index is 0.0560. The second-order valence-electron chi connectivity index (χ2n) is 3.16. The lowest BCUT2D eigenvalue weighted by Gasteiger charge is -2.08. The molecule has 0 heterocycles. The maximum Gasteiger partial charge on any atom is 0.335 e. The molecule has 6 heteroatoms. The number of rotatable bonds is 4. The number of carbonyl (C=O) groups excluding carboxylic acids is 1. The molecule has 6 nitrogen and oxygen atoms in total. The number of anilines is 1. The molecule has 90 valence electrons. The predicted molar refractivity (Wildman–Crippen MR) is 62.3 cm³/mol. The van der Waals surface area contributed by atoms with Crippen molar-refractivity contribution < 1.29 is 19.8 Å². The molecule has 0 saturated carbocycles. The highest BCUT2D eigenvalue weighted by Crippen LogP contribution is 2.24. The van der Waals surface area contributed by atoms with Crippen LogP contribution in [0.3, 0.4) is 0 Å². The maximum absolute atomic E-state index is 11.2. The lowest BCUT2D eigenvalue weighted by molar-refractivity contribution is 0.0696. The van der Waals surface area contributed by atoms with Gasteiger partial charge in [-0.05, 0) is 18.2 Å². The fourth-order valence-electron chi connectivity index (χ4n) is 1.10. The van der Waals surface area contributed by atoms with E-state index >= 15 is 0 Å². The Morgan fingerprint density at radius 2 is 2.12 bits per heavy atom. The van der Waals surface area contributed by atoms with Gasteiger partial charge in [-0.25, -0.2) is 9.59 Å². The molecule has 17 heavy (non-hydrogen) atoms. The van der Waals surface area contributed by atoms with Gasteiger partial charge in [0.2, 0.25) is 0 Å². The van der Waals surface area contributed by atoms with Crippen LogP contribution in [0.2, 0.25) is 0 Å². The zero-order valence-electron chi connectivity index (χ0n) is 8.93. The second kappa shape index (κ2) is 5.55. The summed E-state index contributed by atoms with van der Waals surface area (Å²) in [7, 11) is 0. The minimum Gasteiger partial charge on any atom is -0.506 e. The molecule has 0 spiro atoms. The molecule has 4 N–H and O–H groups in total. The Balaban J connectivity index is 2.75. The van der Waals surface area contributed by atoms with Crippen LogP contribution < -0.4 is 10.6 Å². The first-order valence-electron chi connectivity index (χ1n) is 4.76. The largest absolute Gasteiger partial charge is 0.506 e. The van der Waals surface area contributed by atoms with Gasteiger partial charge in [-0.2, -0.15) is 0 Å². The number of nitrogens with one attached hydrogen (secondary N) is 2. The number of hydrogen-bond acceptors (Lipinski definition) is 3. The van der Waals surface area contributed by atoms with Crippen LogP contribution in [0.1, 0.15) is 10.4 Å². The van der Waals surface area contributed by atoms with Gasteiger partial charge >= 0.3 is 12.0 Å². The van der Waals surface area contributed by atoms with E-state index in [0.717, 1.165) is 6.07 Å². The first-order valence-corrected chi connectivity index (χ1v) is 4.76. The number of aromatic carboxylic acids is 1. The Morgan fingerprint density at radius 1 is 1.41 bits per heavy atom. The van der Waals surface area contributed by atoms with Crippen LogP contribution in [-0.4, -0.2) is 28.8 Å². The summed E-state index contributed by atoms with van der Waals surface area (Å²) in [5, 5.41) is 23.0. The molecule has 1 aromatic rings. The van der Waals surface area contributed by atoms with E-state index in [1.54, 1.807) is 0 Å². The van der Waals surface area contributed by atoms with Crippen molar-refractivity contribution in [3.05, 3.63) is 36.4 Å². The molecule has 2 amide bonds. The molecule has 0 radical (unpaired) electrons. The molecule has 0 aliphatic rings. The maximum atomic E-state index is 11.2. The first kappa shape index (κ1) is 12.6. The van der Waals surface area contributed by atoms with E-state index in [9.17, 15) is 14.7 Å². The van der Waals surface area contributed by atoms with Gasteiger partial charge in [0.25, 0.3) is 0 Å². The Bertz CT molecular complexity index is 457. The molecule has 1 rings (SSSR count). The molecule has 0 aliphatic carbocycles. The van der Waals surface area contributed by atoms with Gasteiger partial charge in [0.1, 0.15) is 5.75 Å². The summed E-state index contributed by atoms with van der Waals surface area (Å²) >= 11 is 0. The predicted octanol–water partition coefficient (Wildman–Crippen LogP) is 1.40. The molecule has 0 unspecified atom stereocenters. The van der Waals surface area contributed by atoms with E-state index < -0.39 is 12.0 Å². The van der Waals surface area contributed by atoms with Crippen LogP contribution in [0, 0.1) is 0 Å². The third kappa shape index (κ3) is 3.53. The zero-order valence-corrected chi connectivity index (χ0v) is 8.93. The molecule has 0 bridgehead atoms. The van der Waals surface area contributed by atoms with Crippen molar-refractivity contribution in [3.8, 4) is 5.75 Å². The van der Waals surface area contributed by atoms with Crippen LogP contribution in [0.4, 0.5) is 10.5 Å². The normalized spacial score (nSPS) is 9.41. The number of hydrogen-bond donors (Lipinski definition) is 4. The number of carbonyl (C=O) groups is 2. The van der Waals surface area contributed by atoms with E-state index in [0.29, 0.717) is 6.54 Å². The van der Waals surface area contributed by atoms with E-state index in [-0.39, 0.29) is 17.0 Å². The molecular weight excluding hydrogens is 224 g/mol. The summed E-state index contributed by atoms with van der Waals surface area (Å²) < 4.78 is 0. The smallest absolute Gasteiger partial charge is 0.335 e. The summed E-state index contributed by atoms with van der Waals surface area (Å²) in [5.41, 5.74) is 0.0797. The third-order valence-corrected chi connectivity index (χ3v) is 1.90. The Labute approximate surface area is 97.6 Å². The standard InChI is InChI=1S/C11H12N2O4/c1-2-5-12-11(17)13-8-4-3-7(10(15)16)6-9(8)14/h2-4,6,14H,1,5H2,(H,15,16)(H2,12,13,17). The average Bonchev–Trinajstić information content (AvgIpc) is 2.28. The number of phenols is 1. The third-order valence-electron chi connectivity index (χ3n) is 1.90. The summed E-state index contributed by atoms with van der Waals surface area (Å²) in [6.07, 6.45) is 1.51. The van der Waals surface area contributed by atoms with Gasteiger partial charge < -0.3 is 20.8 Å². The van der Waals surface area contributed by atoms with Crippen molar-refractivity contribution in [2.45, 2.75) is 0 Å². The van der Waals surface area contributed by atoms with E-state index in [1.807, 2.05) is 0 Å². The van der Waals surface area contributed by atoms with Crippen molar-refractivity contribution in [3.63, 3.8) is 0 Å². The van der Waals surface area contributed by atoms with Gasteiger partial charge in [0, 0.05) is 6.54 Å². The summed E-state index contributed by atoms with van der Waals surface area (Å²) in [6.45, 7) is 3.72. The molecule has 0 aromatic heterocycles. The van der Waals surface area contributed by atoms with E-state index in [1.165, 1.54) is 18.2 Å². The number of urea groups is 1. The van der Waals surface area contributed by atoms with Gasteiger partial charge in [0.15, 0.2) is 0 Å². The zero-order chi connectivity index (χ0) is 12.8. The van der Waals surface area contributed by atoms with Gasteiger partial charge in [0.05, 0.1) is 11.3 Å². The average molecular weight is 236 g/mol. The topological polar surface area (TPSA) is 98.7 Å². The number of amides is 2. The fraction of sp³-hybridized carbons (Fsp3) is 0.0909. The summed E-state index contributed by atoms with van der Waals surface area (Å²) in [5.74, 6) is -1.46. The van der Waals surface area contributed by atoms with Gasteiger partial charge in [-0.15, -0.1) is 6.58 Å².